The molecule has 0 saturated carbocycles. The maximum absolute atomic E-state index is 7.16. The van der Waals surface area contributed by atoms with E-state index in [1.54, 1.807) is 0 Å². The van der Waals surface area contributed by atoms with Crippen LogP contribution in [0.4, 0.5) is 34.1 Å². The van der Waals surface area contributed by atoms with Crippen molar-refractivity contribution in [2.45, 2.75) is 12.8 Å². The Morgan fingerprint density at radius 3 is 1.00 bits per heavy atom. The summed E-state index contributed by atoms with van der Waals surface area (Å²) in [6.07, 6.45) is 8.74. The SMILES string of the molecule is Clc1cc(N(c2ccc(C3=CC=CCC3)cc2)c2ccc(-c3ccccc3)cc2)cc(N(c2ccc(-c3ccccc3)cc2)c2ccc(-c3ccccc3)cc2)c1. The van der Waals surface area contributed by atoms with E-state index >= 15 is 0 Å². The van der Waals surface area contributed by atoms with Crippen molar-refractivity contribution in [1.29, 1.82) is 0 Å². The zero-order chi connectivity index (χ0) is 38.4. The van der Waals surface area contributed by atoms with Gasteiger partial charge in [0.15, 0.2) is 0 Å². The molecule has 1 aliphatic rings. The Morgan fingerprint density at radius 1 is 0.333 bits per heavy atom. The predicted molar refractivity (Wildman–Crippen MR) is 243 cm³/mol. The normalized spacial score (nSPS) is 12.2. The van der Waals surface area contributed by atoms with Gasteiger partial charge in [0.25, 0.3) is 0 Å². The van der Waals surface area contributed by atoms with Crippen LogP contribution in [0.15, 0.2) is 224 Å². The van der Waals surface area contributed by atoms with Crippen molar-refractivity contribution in [3.8, 4) is 33.4 Å². The Balaban J connectivity index is 1.16. The summed E-state index contributed by atoms with van der Waals surface area (Å²) in [6, 6.07) is 73.2. The van der Waals surface area contributed by atoms with Crippen LogP contribution in [-0.4, -0.2) is 0 Å². The van der Waals surface area contributed by atoms with Crippen molar-refractivity contribution in [1.82, 2.24) is 0 Å². The molecule has 8 aromatic rings. The van der Waals surface area contributed by atoms with E-state index in [9.17, 15) is 0 Å². The molecule has 0 aliphatic heterocycles. The lowest BCUT2D eigenvalue weighted by atomic mass is 9.97. The third-order valence-corrected chi connectivity index (χ3v) is 10.8. The van der Waals surface area contributed by atoms with Crippen molar-refractivity contribution in [3.63, 3.8) is 0 Å². The van der Waals surface area contributed by atoms with Crippen LogP contribution in [0.3, 0.4) is 0 Å². The van der Waals surface area contributed by atoms with Gasteiger partial charge in [0.05, 0.1) is 0 Å². The molecule has 0 heterocycles. The van der Waals surface area contributed by atoms with Crippen LogP contribution in [0.25, 0.3) is 39.0 Å². The third kappa shape index (κ3) is 7.95. The highest BCUT2D eigenvalue weighted by atomic mass is 35.5. The molecule has 2 nitrogen and oxygen atoms in total. The summed E-state index contributed by atoms with van der Waals surface area (Å²) >= 11 is 7.16. The molecule has 0 aromatic heterocycles. The number of allylic oxidation sites excluding steroid dienone is 4. The zero-order valence-electron chi connectivity index (χ0n) is 31.5. The van der Waals surface area contributed by atoms with Gasteiger partial charge in [0.2, 0.25) is 0 Å². The Kier molecular flexibility index (Phi) is 10.3. The van der Waals surface area contributed by atoms with Crippen molar-refractivity contribution in [2.24, 2.45) is 0 Å². The van der Waals surface area contributed by atoms with Crippen LogP contribution >= 0.6 is 11.6 Å². The molecule has 0 radical (unpaired) electrons. The van der Waals surface area contributed by atoms with Gasteiger partial charge in [-0.1, -0.05) is 169 Å². The van der Waals surface area contributed by atoms with E-state index in [2.05, 4.69) is 234 Å². The first-order valence-electron chi connectivity index (χ1n) is 19.5. The minimum atomic E-state index is 0.649. The second-order valence-corrected chi connectivity index (χ2v) is 14.7. The predicted octanol–water partition coefficient (Wildman–Crippen LogP) is 16.0. The number of anilines is 6. The zero-order valence-corrected chi connectivity index (χ0v) is 32.3. The standard InChI is InChI=1S/C54H41ClN2/c55-48-37-53(56(49-29-21-44(22-30-49)40-13-5-1-6-14-40)50-31-23-45(24-32-50)41-15-7-2-8-16-41)39-54(38-48)57(51-33-25-46(26-34-51)42-17-9-3-10-18-42)52-35-27-47(28-36-52)43-19-11-4-12-20-43/h1-11,13-19,21-39H,12,20H2. The number of nitrogens with zero attached hydrogens (tertiary/aromatic N) is 2. The monoisotopic (exact) mass is 752 g/mol. The molecule has 1 aliphatic carbocycles. The number of rotatable bonds is 10. The molecule has 0 saturated heterocycles. The van der Waals surface area contributed by atoms with Gasteiger partial charge in [0, 0.05) is 39.1 Å². The van der Waals surface area contributed by atoms with Crippen LogP contribution in [0, 0.1) is 0 Å². The molecule has 274 valence electrons. The van der Waals surface area contributed by atoms with E-state index in [1.807, 2.05) is 0 Å². The molecule has 3 heteroatoms. The summed E-state index contributed by atoms with van der Waals surface area (Å²) in [5.41, 5.74) is 15.8. The molecule has 0 atom stereocenters. The topological polar surface area (TPSA) is 6.48 Å². The Labute approximate surface area is 340 Å². The molecule has 0 N–H and O–H groups in total. The second-order valence-electron chi connectivity index (χ2n) is 14.3. The fraction of sp³-hybridized carbons (Fsp3) is 0.0370. The van der Waals surface area contributed by atoms with Gasteiger partial charge in [-0.15, -0.1) is 0 Å². The molecule has 0 amide bonds. The summed E-state index contributed by atoms with van der Waals surface area (Å²) in [5, 5.41) is 0.649. The summed E-state index contributed by atoms with van der Waals surface area (Å²) in [6.45, 7) is 0. The lowest BCUT2D eigenvalue weighted by Gasteiger charge is -2.30. The van der Waals surface area contributed by atoms with Crippen LogP contribution in [0.1, 0.15) is 18.4 Å². The third-order valence-electron chi connectivity index (χ3n) is 10.6. The lowest BCUT2D eigenvalue weighted by Crippen LogP contribution is -2.13. The van der Waals surface area contributed by atoms with Crippen molar-refractivity contribution >= 4 is 51.3 Å². The highest BCUT2D eigenvalue weighted by Crippen LogP contribution is 2.43. The van der Waals surface area contributed by atoms with Crippen LogP contribution in [0.2, 0.25) is 5.02 Å². The largest absolute Gasteiger partial charge is 0.310 e. The first-order valence-corrected chi connectivity index (χ1v) is 19.9. The van der Waals surface area contributed by atoms with Gasteiger partial charge in [-0.05, 0) is 124 Å². The highest BCUT2D eigenvalue weighted by molar-refractivity contribution is 6.31. The van der Waals surface area contributed by atoms with E-state index in [-0.39, 0.29) is 0 Å². The quantitative estimate of drug-likeness (QED) is 0.137. The summed E-state index contributed by atoms with van der Waals surface area (Å²) in [7, 11) is 0. The summed E-state index contributed by atoms with van der Waals surface area (Å²) in [4.78, 5) is 4.60. The summed E-state index contributed by atoms with van der Waals surface area (Å²) in [5.74, 6) is 0. The van der Waals surface area contributed by atoms with E-state index in [4.69, 9.17) is 11.6 Å². The average Bonchev–Trinajstić information content (AvgIpc) is 3.29. The number of hydrogen-bond acceptors (Lipinski definition) is 2. The average molecular weight is 753 g/mol. The van der Waals surface area contributed by atoms with Gasteiger partial charge in [0.1, 0.15) is 0 Å². The minimum absolute atomic E-state index is 0.649. The maximum Gasteiger partial charge on any atom is 0.0497 e. The van der Waals surface area contributed by atoms with Crippen molar-refractivity contribution in [2.75, 3.05) is 9.80 Å². The van der Waals surface area contributed by atoms with Crippen LogP contribution in [-0.2, 0) is 0 Å². The molecule has 0 fully saturated rings. The van der Waals surface area contributed by atoms with E-state index in [1.165, 1.54) is 44.5 Å². The van der Waals surface area contributed by atoms with E-state index < -0.39 is 0 Å². The number of benzene rings is 8. The maximum atomic E-state index is 7.16. The van der Waals surface area contributed by atoms with Crippen LogP contribution in [0.5, 0.6) is 0 Å². The van der Waals surface area contributed by atoms with Gasteiger partial charge in [-0.2, -0.15) is 0 Å². The van der Waals surface area contributed by atoms with Gasteiger partial charge >= 0.3 is 0 Å². The summed E-state index contributed by atoms with van der Waals surface area (Å²) < 4.78 is 0. The van der Waals surface area contributed by atoms with Gasteiger partial charge in [-0.3, -0.25) is 0 Å². The Morgan fingerprint density at radius 2 is 0.667 bits per heavy atom. The molecule has 8 aromatic carbocycles. The Bertz CT molecular complexity index is 2550. The fourth-order valence-corrected chi connectivity index (χ4v) is 7.90. The van der Waals surface area contributed by atoms with E-state index in [0.29, 0.717) is 5.02 Å². The Hall–Kier alpha value is -6.87. The molecule has 0 spiro atoms. The first-order chi connectivity index (χ1) is 28.2. The molecule has 9 rings (SSSR count). The second kappa shape index (κ2) is 16.5. The first kappa shape index (κ1) is 35.8. The van der Waals surface area contributed by atoms with Crippen molar-refractivity contribution < 1.29 is 0 Å². The molecule has 0 unspecified atom stereocenters. The smallest absolute Gasteiger partial charge is 0.0497 e. The van der Waals surface area contributed by atoms with Gasteiger partial charge in [-0.25, -0.2) is 0 Å². The molecular formula is C54H41ClN2. The van der Waals surface area contributed by atoms with E-state index in [0.717, 1.165) is 47.0 Å². The highest BCUT2D eigenvalue weighted by Gasteiger charge is 2.20. The fourth-order valence-electron chi connectivity index (χ4n) is 7.68. The number of hydrogen-bond donors (Lipinski definition) is 0. The van der Waals surface area contributed by atoms with Crippen molar-refractivity contribution in [3.05, 3.63) is 235 Å². The number of halogens is 1. The van der Waals surface area contributed by atoms with Gasteiger partial charge < -0.3 is 9.80 Å². The van der Waals surface area contributed by atoms with Crippen LogP contribution < -0.4 is 9.80 Å². The molecule has 0 bridgehead atoms. The minimum Gasteiger partial charge on any atom is -0.310 e. The molecule has 57 heavy (non-hydrogen) atoms. The lowest BCUT2D eigenvalue weighted by molar-refractivity contribution is 1.05. The molecular weight excluding hydrogens is 712 g/mol.